The Hall–Kier alpha value is -1.58. The summed E-state index contributed by atoms with van der Waals surface area (Å²) in [6.45, 7) is 0. The number of nitro groups is 1. The average Bonchev–Trinajstić information content (AvgIpc) is 2.67. The van der Waals surface area contributed by atoms with Crippen LogP contribution in [0.4, 0.5) is 5.82 Å². The van der Waals surface area contributed by atoms with Gasteiger partial charge in [-0.2, -0.15) is 0 Å². The lowest BCUT2D eigenvalue weighted by Crippen LogP contribution is -1.98. The monoisotopic (exact) mass is 317 g/mol. The Morgan fingerprint density at radius 1 is 1.47 bits per heavy atom. The maximum absolute atomic E-state index is 10.4. The van der Waals surface area contributed by atoms with Crippen molar-refractivity contribution in [3.05, 3.63) is 38.7 Å². The highest BCUT2D eigenvalue weighted by Crippen LogP contribution is 2.15. The van der Waals surface area contributed by atoms with Gasteiger partial charge in [-0.15, -0.1) is 0 Å². The Morgan fingerprint density at radius 2 is 2.27 bits per heavy atom. The van der Waals surface area contributed by atoms with Crippen molar-refractivity contribution < 1.29 is 4.92 Å². The molecule has 0 atom stereocenters. The third-order valence-electron chi connectivity index (χ3n) is 1.65. The minimum absolute atomic E-state index is 0.204. The van der Waals surface area contributed by atoms with Gasteiger partial charge in [-0.25, -0.2) is 9.97 Å². The Kier molecular flexibility index (Phi) is 2.58. The van der Waals surface area contributed by atoms with Crippen LogP contribution >= 0.6 is 22.6 Å². The second-order valence-corrected chi connectivity index (χ2v) is 3.75. The van der Waals surface area contributed by atoms with Crippen LogP contribution in [0.1, 0.15) is 0 Å². The number of imidazole rings is 1. The summed E-state index contributed by atoms with van der Waals surface area (Å²) in [5.41, 5.74) is 0. The molecule has 0 bridgehead atoms. The molecule has 0 aliphatic rings. The van der Waals surface area contributed by atoms with Crippen LogP contribution in [-0.2, 0) is 0 Å². The molecule has 7 nitrogen and oxygen atoms in total. The number of hydrogen-bond donors (Lipinski definition) is 0. The van der Waals surface area contributed by atoms with Gasteiger partial charge >= 0.3 is 5.82 Å². The number of rotatable bonds is 2. The van der Waals surface area contributed by atoms with Crippen LogP contribution in [0, 0.1) is 13.7 Å². The van der Waals surface area contributed by atoms with Crippen LogP contribution < -0.4 is 0 Å². The van der Waals surface area contributed by atoms with Crippen molar-refractivity contribution in [3.63, 3.8) is 0 Å². The fourth-order valence-electron chi connectivity index (χ4n) is 1.02. The molecule has 15 heavy (non-hydrogen) atoms. The molecule has 0 N–H and O–H groups in total. The highest BCUT2D eigenvalue weighted by atomic mass is 127. The third kappa shape index (κ3) is 1.93. The van der Waals surface area contributed by atoms with Crippen LogP contribution in [0.3, 0.4) is 0 Å². The summed E-state index contributed by atoms with van der Waals surface area (Å²) in [5, 5.41) is 10.4. The standard InChI is InChI=1S/C7H4IN5O2/c8-5-1-9-3-10-7(5)12-2-6(11-4-12)13(14)15/h1-4H. The van der Waals surface area contributed by atoms with Crippen molar-refractivity contribution in [2.45, 2.75) is 0 Å². The van der Waals surface area contributed by atoms with Gasteiger partial charge in [-0.1, -0.05) is 0 Å². The fraction of sp³-hybridized carbons (Fsp3) is 0. The van der Waals surface area contributed by atoms with E-state index in [2.05, 4.69) is 15.0 Å². The van der Waals surface area contributed by atoms with E-state index in [1.54, 1.807) is 6.20 Å². The summed E-state index contributed by atoms with van der Waals surface area (Å²) < 4.78 is 2.28. The van der Waals surface area contributed by atoms with E-state index < -0.39 is 4.92 Å². The van der Waals surface area contributed by atoms with Gasteiger partial charge in [0.1, 0.15) is 12.5 Å². The number of aromatic nitrogens is 4. The van der Waals surface area contributed by atoms with E-state index in [0.717, 1.165) is 3.57 Å². The number of nitrogens with zero attached hydrogens (tertiary/aromatic N) is 5. The summed E-state index contributed by atoms with van der Waals surface area (Å²) in [5.74, 6) is 0.371. The second-order valence-electron chi connectivity index (χ2n) is 2.59. The molecule has 76 valence electrons. The molecular formula is C7H4IN5O2. The molecule has 0 unspecified atom stereocenters. The first-order chi connectivity index (χ1) is 7.18. The lowest BCUT2D eigenvalue weighted by molar-refractivity contribution is -0.389. The molecule has 0 saturated carbocycles. The van der Waals surface area contributed by atoms with Crippen molar-refractivity contribution in [2.75, 3.05) is 0 Å². The third-order valence-corrected chi connectivity index (χ3v) is 2.41. The Bertz CT molecular complexity index is 512. The summed E-state index contributed by atoms with van der Waals surface area (Å²) in [4.78, 5) is 21.3. The maximum Gasteiger partial charge on any atom is 0.381 e. The van der Waals surface area contributed by atoms with E-state index in [9.17, 15) is 10.1 Å². The van der Waals surface area contributed by atoms with Crippen LogP contribution in [0.25, 0.3) is 5.82 Å². The van der Waals surface area contributed by atoms with Crippen molar-refractivity contribution >= 4 is 28.4 Å². The lowest BCUT2D eigenvalue weighted by Gasteiger charge is -1.99. The summed E-state index contributed by atoms with van der Waals surface area (Å²) in [6.07, 6.45) is 5.66. The predicted molar refractivity (Wildman–Crippen MR) is 58.5 cm³/mol. The first-order valence-corrected chi connectivity index (χ1v) is 4.90. The molecule has 2 aromatic heterocycles. The molecule has 2 heterocycles. The first kappa shape index (κ1) is 9.96. The highest BCUT2D eigenvalue weighted by molar-refractivity contribution is 14.1. The maximum atomic E-state index is 10.4. The van der Waals surface area contributed by atoms with E-state index in [-0.39, 0.29) is 5.82 Å². The van der Waals surface area contributed by atoms with Gasteiger partial charge in [0.25, 0.3) is 0 Å². The summed E-state index contributed by atoms with van der Waals surface area (Å²) >= 11 is 2.05. The summed E-state index contributed by atoms with van der Waals surface area (Å²) in [7, 11) is 0. The molecular weight excluding hydrogens is 313 g/mol. The second kappa shape index (κ2) is 3.88. The molecule has 2 aromatic rings. The van der Waals surface area contributed by atoms with Gasteiger partial charge in [-0.05, 0) is 32.5 Å². The van der Waals surface area contributed by atoms with Gasteiger partial charge in [0, 0.05) is 6.20 Å². The minimum atomic E-state index is -0.551. The quantitative estimate of drug-likeness (QED) is 0.471. The highest BCUT2D eigenvalue weighted by Gasteiger charge is 2.12. The molecule has 0 spiro atoms. The normalized spacial score (nSPS) is 10.2. The van der Waals surface area contributed by atoms with Crippen LogP contribution in [-0.4, -0.2) is 24.4 Å². The van der Waals surface area contributed by atoms with E-state index in [4.69, 9.17) is 0 Å². The fourth-order valence-corrected chi connectivity index (χ4v) is 1.60. The van der Waals surface area contributed by atoms with E-state index in [1.165, 1.54) is 23.4 Å². The molecule has 0 fully saturated rings. The Morgan fingerprint density at radius 3 is 2.87 bits per heavy atom. The average molecular weight is 317 g/mol. The van der Waals surface area contributed by atoms with Gasteiger partial charge in [0.05, 0.1) is 3.57 Å². The van der Waals surface area contributed by atoms with Crippen molar-refractivity contribution in [1.29, 1.82) is 0 Å². The molecule has 8 heteroatoms. The molecule has 2 rings (SSSR count). The topological polar surface area (TPSA) is 86.7 Å². The smallest absolute Gasteiger partial charge is 0.358 e. The molecule has 0 aliphatic heterocycles. The summed E-state index contributed by atoms with van der Waals surface area (Å²) in [6, 6.07) is 0. The Labute approximate surface area is 97.5 Å². The minimum Gasteiger partial charge on any atom is -0.358 e. The molecule has 0 radical (unpaired) electrons. The van der Waals surface area contributed by atoms with Crippen molar-refractivity contribution in [3.8, 4) is 5.82 Å². The van der Waals surface area contributed by atoms with E-state index in [1.807, 2.05) is 22.6 Å². The molecule has 0 amide bonds. The van der Waals surface area contributed by atoms with E-state index >= 15 is 0 Å². The lowest BCUT2D eigenvalue weighted by atomic mass is 10.6. The van der Waals surface area contributed by atoms with E-state index in [0.29, 0.717) is 5.82 Å². The van der Waals surface area contributed by atoms with Gasteiger partial charge in [0.15, 0.2) is 5.82 Å². The SMILES string of the molecule is O=[N+]([O-])c1cn(-c2ncncc2I)cn1. The Balaban J connectivity index is 2.46. The molecule has 0 aliphatic carbocycles. The van der Waals surface area contributed by atoms with Crippen LogP contribution in [0.15, 0.2) is 25.0 Å². The zero-order chi connectivity index (χ0) is 10.8. The zero-order valence-corrected chi connectivity index (χ0v) is 9.40. The largest absolute Gasteiger partial charge is 0.381 e. The molecule has 0 saturated heterocycles. The van der Waals surface area contributed by atoms with Gasteiger partial charge < -0.3 is 10.1 Å². The predicted octanol–water partition coefficient (Wildman–Crippen LogP) is 1.18. The zero-order valence-electron chi connectivity index (χ0n) is 7.24. The van der Waals surface area contributed by atoms with Gasteiger partial charge in [-0.3, -0.25) is 4.57 Å². The van der Waals surface area contributed by atoms with Gasteiger partial charge in [0.2, 0.25) is 6.33 Å². The first-order valence-electron chi connectivity index (χ1n) is 3.83. The van der Waals surface area contributed by atoms with Crippen LogP contribution in [0.5, 0.6) is 0 Å². The molecule has 0 aromatic carbocycles. The van der Waals surface area contributed by atoms with Crippen molar-refractivity contribution in [2.24, 2.45) is 0 Å². The number of halogens is 1. The van der Waals surface area contributed by atoms with Crippen LogP contribution in [0.2, 0.25) is 0 Å². The number of hydrogen-bond acceptors (Lipinski definition) is 5. The van der Waals surface area contributed by atoms with Crippen molar-refractivity contribution in [1.82, 2.24) is 19.5 Å².